The molecule has 6 nitrogen and oxygen atoms in total. The zero-order valence-corrected chi connectivity index (χ0v) is 16.1. The second kappa shape index (κ2) is 9.87. The molecule has 2 rings (SSSR count). The molecule has 1 aliphatic heterocycles. The number of nitrogens with zero attached hydrogens (tertiary/aromatic N) is 2. The Morgan fingerprint density at radius 3 is 2.46 bits per heavy atom. The molecule has 0 unspecified atom stereocenters. The maximum absolute atomic E-state index is 13.0. The molecule has 1 heterocycles. The van der Waals surface area contributed by atoms with Crippen LogP contribution in [0.4, 0.5) is 10.1 Å². The van der Waals surface area contributed by atoms with E-state index in [2.05, 4.69) is 10.2 Å². The third-order valence-electron chi connectivity index (χ3n) is 4.45. The first-order chi connectivity index (χ1) is 12.4. The number of nitrogens with one attached hydrogen (secondary N) is 1. The minimum absolute atomic E-state index is 0.0704. The Kier molecular flexibility index (Phi) is 7.84. The predicted molar refractivity (Wildman–Crippen MR) is 101 cm³/mol. The lowest BCUT2D eigenvalue weighted by Gasteiger charge is -2.22. The molecule has 1 amide bonds. The van der Waals surface area contributed by atoms with Crippen molar-refractivity contribution in [2.75, 3.05) is 43.3 Å². The van der Waals surface area contributed by atoms with Crippen LogP contribution in [0.15, 0.2) is 24.3 Å². The third kappa shape index (κ3) is 6.92. The van der Waals surface area contributed by atoms with E-state index in [1.165, 1.54) is 41.4 Å². The molecular formula is C18H28FN3O3S. The third-order valence-corrected chi connectivity index (χ3v) is 5.65. The van der Waals surface area contributed by atoms with Gasteiger partial charge in [-0.25, -0.2) is 12.8 Å². The van der Waals surface area contributed by atoms with Crippen molar-refractivity contribution in [3.63, 3.8) is 0 Å². The summed E-state index contributed by atoms with van der Waals surface area (Å²) in [6.45, 7) is 4.14. The van der Waals surface area contributed by atoms with Gasteiger partial charge in [0.05, 0.1) is 11.9 Å². The zero-order valence-electron chi connectivity index (χ0n) is 15.3. The Hall–Kier alpha value is -1.67. The van der Waals surface area contributed by atoms with Crippen molar-refractivity contribution < 1.29 is 17.6 Å². The summed E-state index contributed by atoms with van der Waals surface area (Å²) in [4.78, 5) is 14.3. The summed E-state index contributed by atoms with van der Waals surface area (Å²) < 4.78 is 38.1. The molecule has 0 saturated carbocycles. The zero-order chi connectivity index (χ0) is 19.0. The number of halogens is 1. The van der Waals surface area contributed by atoms with Crippen molar-refractivity contribution in [3.8, 4) is 0 Å². The van der Waals surface area contributed by atoms with Gasteiger partial charge in [-0.2, -0.15) is 0 Å². The van der Waals surface area contributed by atoms with E-state index in [0.29, 0.717) is 18.7 Å². The van der Waals surface area contributed by atoms with E-state index in [-0.39, 0.29) is 18.9 Å². The summed E-state index contributed by atoms with van der Waals surface area (Å²) in [6, 6.07) is 5.30. The molecule has 1 aromatic carbocycles. The van der Waals surface area contributed by atoms with Gasteiger partial charge in [-0.3, -0.25) is 9.10 Å². The summed E-state index contributed by atoms with van der Waals surface area (Å²) in [6.07, 6.45) is 5.22. The monoisotopic (exact) mass is 385 g/mol. The molecule has 0 atom stereocenters. The summed E-state index contributed by atoms with van der Waals surface area (Å²) in [7, 11) is -3.49. The molecule has 0 spiro atoms. The summed E-state index contributed by atoms with van der Waals surface area (Å²) >= 11 is 0. The normalized spacial score (nSPS) is 15.2. The second-order valence-electron chi connectivity index (χ2n) is 6.67. The Morgan fingerprint density at radius 1 is 1.19 bits per heavy atom. The molecule has 0 aromatic heterocycles. The highest BCUT2D eigenvalue weighted by Gasteiger charge is 2.17. The van der Waals surface area contributed by atoms with Crippen LogP contribution in [0.25, 0.3) is 0 Å². The van der Waals surface area contributed by atoms with Crippen molar-refractivity contribution in [2.24, 2.45) is 0 Å². The molecule has 26 heavy (non-hydrogen) atoms. The molecule has 1 saturated heterocycles. The molecule has 146 valence electrons. The van der Waals surface area contributed by atoms with Crippen LogP contribution in [0.3, 0.4) is 0 Å². The van der Waals surface area contributed by atoms with Gasteiger partial charge in [0.15, 0.2) is 0 Å². The van der Waals surface area contributed by atoms with Gasteiger partial charge in [0.1, 0.15) is 5.82 Å². The highest BCUT2D eigenvalue weighted by molar-refractivity contribution is 7.92. The quantitative estimate of drug-likeness (QED) is 0.625. The average Bonchev–Trinajstić information content (AvgIpc) is 3.09. The smallest absolute Gasteiger partial charge is 0.232 e. The van der Waals surface area contributed by atoms with E-state index in [9.17, 15) is 17.6 Å². The first-order valence-electron chi connectivity index (χ1n) is 9.08. The number of benzene rings is 1. The van der Waals surface area contributed by atoms with Gasteiger partial charge in [0.25, 0.3) is 0 Å². The van der Waals surface area contributed by atoms with E-state index in [4.69, 9.17) is 0 Å². The number of likely N-dealkylation sites (tertiary alicyclic amines) is 1. The van der Waals surface area contributed by atoms with Crippen molar-refractivity contribution in [1.29, 1.82) is 0 Å². The van der Waals surface area contributed by atoms with Gasteiger partial charge >= 0.3 is 0 Å². The number of rotatable bonds is 10. The number of hydrogen-bond donors (Lipinski definition) is 1. The average molecular weight is 386 g/mol. The van der Waals surface area contributed by atoms with Crippen LogP contribution in [0.2, 0.25) is 0 Å². The SMILES string of the molecule is CS(=O)(=O)N(CCCC(=O)NCCCN1CCCC1)c1ccc(F)cc1. The van der Waals surface area contributed by atoms with Gasteiger partial charge in [0.2, 0.25) is 15.9 Å². The van der Waals surface area contributed by atoms with Crippen molar-refractivity contribution in [2.45, 2.75) is 32.1 Å². The Morgan fingerprint density at radius 2 is 1.85 bits per heavy atom. The van der Waals surface area contributed by atoms with E-state index in [1.807, 2.05) is 0 Å². The molecule has 0 radical (unpaired) electrons. The predicted octanol–water partition coefficient (Wildman–Crippen LogP) is 1.97. The largest absolute Gasteiger partial charge is 0.356 e. The molecule has 1 aromatic rings. The topological polar surface area (TPSA) is 69.7 Å². The standard InChI is InChI=1S/C18H28FN3O3S/c1-26(24,25)22(17-9-7-16(19)8-10-17)15-4-6-18(23)20-11-5-14-21-12-2-3-13-21/h7-10H,2-6,11-15H2,1H3,(H,20,23). The minimum atomic E-state index is -3.49. The number of carbonyl (C=O) groups is 1. The fourth-order valence-corrected chi connectivity index (χ4v) is 4.07. The molecule has 0 aliphatic carbocycles. The van der Waals surface area contributed by atoms with E-state index in [1.54, 1.807) is 0 Å². The van der Waals surface area contributed by atoms with Gasteiger partial charge in [-0.05, 0) is 69.6 Å². The first kappa shape index (κ1) is 20.6. The van der Waals surface area contributed by atoms with Gasteiger partial charge in [-0.15, -0.1) is 0 Å². The fraction of sp³-hybridized carbons (Fsp3) is 0.611. The van der Waals surface area contributed by atoms with Crippen LogP contribution >= 0.6 is 0 Å². The van der Waals surface area contributed by atoms with Crippen LogP contribution < -0.4 is 9.62 Å². The number of amides is 1. The van der Waals surface area contributed by atoms with Crippen LogP contribution in [0, 0.1) is 5.82 Å². The molecular weight excluding hydrogens is 357 g/mol. The van der Waals surface area contributed by atoms with E-state index < -0.39 is 15.8 Å². The molecule has 0 bridgehead atoms. The van der Waals surface area contributed by atoms with Crippen molar-refractivity contribution >= 4 is 21.6 Å². The Balaban J connectivity index is 1.71. The van der Waals surface area contributed by atoms with E-state index >= 15 is 0 Å². The Labute approximate surface area is 155 Å². The van der Waals surface area contributed by atoms with Crippen LogP contribution in [-0.2, 0) is 14.8 Å². The molecule has 8 heteroatoms. The molecule has 1 N–H and O–H groups in total. The fourth-order valence-electron chi connectivity index (χ4n) is 3.10. The molecule has 1 fully saturated rings. The van der Waals surface area contributed by atoms with E-state index in [0.717, 1.165) is 32.3 Å². The van der Waals surface area contributed by atoms with Gasteiger partial charge in [0, 0.05) is 19.5 Å². The van der Waals surface area contributed by atoms with Crippen molar-refractivity contribution in [3.05, 3.63) is 30.1 Å². The number of hydrogen-bond acceptors (Lipinski definition) is 4. The van der Waals surface area contributed by atoms with Gasteiger partial charge in [-0.1, -0.05) is 0 Å². The first-order valence-corrected chi connectivity index (χ1v) is 10.9. The lowest BCUT2D eigenvalue weighted by atomic mass is 10.2. The van der Waals surface area contributed by atoms with Crippen LogP contribution in [0.1, 0.15) is 32.1 Å². The highest BCUT2D eigenvalue weighted by atomic mass is 32.2. The summed E-state index contributed by atoms with van der Waals surface area (Å²) in [5.41, 5.74) is 0.403. The highest BCUT2D eigenvalue weighted by Crippen LogP contribution is 2.18. The van der Waals surface area contributed by atoms with Crippen LogP contribution in [0.5, 0.6) is 0 Å². The maximum Gasteiger partial charge on any atom is 0.232 e. The molecule has 1 aliphatic rings. The Bertz CT molecular complexity index is 673. The summed E-state index contributed by atoms with van der Waals surface area (Å²) in [5.74, 6) is -0.491. The summed E-state index contributed by atoms with van der Waals surface area (Å²) in [5, 5.41) is 2.88. The maximum atomic E-state index is 13.0. The second-order valence-corrected chi connectivity index (χ2v) is 8.57. The number of carbonyl (C=O) groups excluding carboxylic acids is 1. The number of sulfonamides is 1. The van der Waals surface area contributed by atoms with Crippen LogP contribution in [-0.4, -0.2) is 58.2 Å². The number of anilines is 1. The minimum Gasteiger partial charge on any atom is -0.356 e. The van der Waals surface area contributed by atoms with Crippen molar-refractivity contribution in [1.82, 2.24) is 10.2 Å². The van der Waals surface area contributed by atoms with Gasteiger partial charge < -0.3 is 10.2 Å². The lowest BCUT2D eigenvalue weighted by Crippen LogP contribution is -2.32. The lowest BCUT2D eigenvalue weighted by molar-refractivity contribution is -0.121.